The van der Waals surface area contributed by atoms with Gasteiger partial charge in [0.2, 0.25) is 0 Å². The highest BCUT2D eigenvalue weighted by atomic mass is 16.5. The number of hydrogen-bond acceptors (Lipinski definition) is 5. The van der Waals surface area contributed by atoms with E-state index in [1.165, 1.54) is 19.3 Å². The first-order chi connectivity index (χ1) is 14.1. The van der Waals surface area contributed by atoms with Crippen molar-refractivity contribution in [1.82, 2.24) is 0 Å². The highest BCUT2D eigenvalue weighted by Gasteiger charge is 2.11. The Morgan fingerprint density at radius 1 is 0.931 bits per heavy atom. The third kappa shape index (κ3) is 5.17. The Kier molecular flexibility index (Phi) is 6.53. The van der Waals surface area contributed by atoms with Crippen LogP contribution in [0.4, 0.5) is 0 Å². The summed E-state index contributed by atoms with van der Waals surface area (Å²) in [4.78, 5) is 12.7. The molecule has 0 radical (unpaired) electrons. The van der Waals surface area contributed by atoms with Crippen LogP contribution in [-0.2, 0) is 6.61 Å². The van der Waals surface area contributed by atoms with Gasteiger partial charge in [0.1, 0.15) is 29.6 Å². The van der Waals surface area contributed by atoms with Crippen LogP contribution < -0.4 is 14.2 Å². The van der Waals surface area contributed by atoms with Gasteiger partial charge < -0.3 is 19.3 Å². The minimum atomic E-state index is -0.216. The van der Waals surface area contributed by atoms with Gasteiger partial charge in [-0.2, -0.15) is 0 Å². The molecule has 0 unspecified atom stereocenters. The summed E-state index contributed by atoms with van der Waals surface area (Å²) in [7, 11) is 3.06. The van der Waals surface area contributed by atoms with Crippen LogP contribution in [0.2, 0.25) is 0 Å². The first kappa shape index (κ1) is 20.0. The summed E-state index contributed by atoms with van der Waals surface area (Å²) in [6.07, 6.45) is 3.11. The van der Waals surface area contributed by atoms with Gasteiger partial charge in [-0.1, -0.05) is 30.3 Å². The van der Waals surface area contributed by atoms with Crippen molar-refractivity contribution >= 4 is 11.9 Å². The summed E-state index contributed by atoms with van der Waals surface area (Å²) in [5.74, 6) is 1.40. The molecule has 0 aliphatic heterocycles. The van der Waals surface area contributed by atoms with Crippen LogP contribution in [0.5, 0.6) is 23.0 Å². The van der Waals surface area contributed by atoms with Crippen LogP contribution in [-0.4, -0.2) is 25.1 Å². The molecule has 3 aromatic rings. The zero-order chi connectivity index (χ0) is 20.6. The third-order valence-electron chi connectivity index (χ3n) is 4.32. The smallest absolute Gasteiger partial charge is 0.189 e. The van der Waals surface area contributed by atoms with E-state index in [0.717, 1.165) is 5.56 Å². The number of rotatable bonds is 8. The predicted molar refractivity (Wildman–Crippen MR) is 112 cm³/mol. The second-order valence-electron chi connectivity index (χ2n) is 6.26. The van der Waals surface area contributed by atoms with Crippen molar-refractivity contribution in [3.63, 3.8) is 0 Å². The Balaban J connectivity index is 1.80. The van der Waals surface area contributed by atoms with Crippen LogP contribution in [0.3, 0.4) is 0 Å². The van der Waals surface area contributed by atoms with Gasteiger partial charge in [-0.05, 0) is 42.0 Å². The first-order valence-corrected chi connectivity index (χ1v) is 9.05. The van der Waals surface area contributed by atoms with Gasteiger partial charge in [0.05, 0.1) is 19.8 Å². The van der Waals surface area contributed by atoms with Crippen molar-refractivity contribution in [3.8, 4) is 23.0 Å². The summed E-state index contributed by atoms with van der Waals surface area (Å²) < 4.78 is 16.3. The van der Waals surface area contributed by atoms with Crippen molar-refractivity contribution in [1.29, 1.82) is 0 Å². The molecule has 29 heavy (non-hydrogen) atoms. The highest BCUT2D eigenvalue weighted by molar-refractivity contribution is 6.08. The lowest BCUT2D eigenvalue weighted by Crippen LogP contribution is -2.00. The summed E-state index contributed by atoms with van der Waals surface area (Å²) >= 11 is 0. The van der Waals surface area contributed by atoms with Gasteiger partial charge in [-0.15, -0.1) is 0 Å². The van der Waals surface area contributed by atoms with E-state index in [1.54, 1.807) is 43.5 Å². The van der Waals surface area contributed by atoms with E-state index in [4.69, 9.17) is 14.2 Å². The number of phenols is 1. The van der Waals surface area contributed by atoms with Crippen LogP contribution in [0, 0.1) is 0 Å². The Morgan fingerprint density at radius 3 is 2.45 bits per heavy atom. The second-order valence-corrected chi connectivity index (χ2v) is 6.26. The molecule has 0 bridgehead atoms. The number of allylic oxidation sites excluding steroid dienone is 1. The maximum Gasteiger partial charge on any atom is 0.189 e. The molecule has 0 aromatic heterocycles. The van der Waals surface area contributed by atoms with Gasteiger partial charge in [0, 0.05) is 17.7 Å². The molecule has 3 aromatic carbocycles. The fourth-order valence-electron chi connectivity index (χ4n) is 2.78. The van der Waals surface area contributed by atoms with Gasteiger partial charge in [-0.25, -0.2) is 0 Å². The average molecular weight is 390 g/mol. The number of hydrogen-bond donors (Lipinski definition) is 1. The van der Waals surface area contributed by atoms with Gasteiger partial charge >= 0.3 is 0 Å². The molecule has 5 heteroatoms. The molecule has 0 heterocycles. The van der Waals surface area contributed by atoms with E-state index in [0.29, 0.717) is 35.0 Å². The number of benzene rings is 3. The fraction of sp³-hybridized carbons (Fsp3) is 0.125. The summed E-state index contributed by atoms with van der Waals surface area (Å²) in [5.41, 5.74) is 2.11. The van der Waals surface area contributed by atoms with Gasteiger partial charge in [-0.3, -0.25) is 4.79 Å². The standard InChI is InChI=1S/C24H22O5/c1-27-20-11-12-21(24(15-20)28-2)22(26)13-9-18-8-10-19(25)14-23(18)29-16-17-6-4-3-5-7-17/h3-15,25H,16H2,1-2H3. The average Bonchev–Trinajstić information content (AvgIpc) is 2.77. The van der Waals surface area contributed by atoms with Crippen molar-refractivity contribution in [2.75, 3.05) is 14.2 Å². The van der Waals surface area contributed by atoms with Crippen molar-refractivity contribution in [2.24, 2.45) is 0 Å². The first-order valence-electron chi connectivity index (χ1n) is 9.05. The Hall–Kier alpha value is -3.73. The normalized spacial score (nSPS) is 10.7. The van der Waals surface area contributed by atoms with Crippen LogP contribution in [0.25, 0.3) is 6.08 Å². The molecule has 0 saturated heterocycles. The van der Waals surface area contributed by atoms with E-state index in [2.05, 4.69) is 0 Å². The SMILES string of the molecule is COc1ccc(C(=O)C=Cc2ccc(O)cc2OCc2ccccc2)c(OC)c1. The van der Waals surface area contributed by atoms with E-state index in [1.807, 2.05) is 30.3 Å². The monoisotopic (exact) mass is 390 g/mol. The highest BCUT2D eigenvalue weighted by Crippen LogP contribution is 2.28. The summed E-state index contributed by atoms with van der Waals surface area (Å²) in [5, 5.41) is 9.81. The van der Waals surface area contributed by atoms with Crippen molar-refractivity contribution in [3.05, 3.63) is 89.5 Å². The largest absolute Gasteiger partial charge is 0.508 e. The van der Waals surface area contributed by atoms with E-state index in [-0.39, 0.29) is 11.5 Å². The molecule has 0 amide bonds. The number of ether oxygens (including phenoxy) is 3. The number of aromatic hydroxyl groups is 1. The molecular formula is C24H22O5. The maximum atomic E-state index is 12.7. The molecule has 0 aliphatic carbocycles. The molecule has 0 saturated carbocycles. The Morgan fingerprint density at radius 2 is 1.72 bits per heavy atom. The quantitative estimate of drug-likeness (QED) is 0.438. The minimum absolute atomic E-state index is 0.0911. The van der Waals surface area contributed by atoms with Crippen molar-refractivity contribution < 1.29 is 24.1 Å². The fourth-order valence-corrected chi connectivity index (χ4v) is 2.78. The maximum absolute atomic E-state index is 12.7. The van der Waals surface area contributed by atoms with Crippen LogP contribution in [0.1, 0.15) is 21.5 Å². The molecule has 0 aliphatic rings. The third-order valence-corrected chi connectivity index (χ3v) is 4.32. The Labute approximate surface area is 169 Å². The summed E-state index contributed by atoms with van der Waals surface area (Å²) in [6.45, 7) is 0.353. The zero-order valence-electron chi connectivity index (χ0n) is 16.3. The molecule has 3 rings (SSSR count). The van der Waals surface area contributed by atoms with Crippen molar-refractivity contribution in [2.45, 2.75) is 6.61 Å². The lowest BCUT2D eigenvalue weighted by atomic mass is 10.1. The lowest BCUT2D eigenvalue weighted by Gasteiger charge is -2.10. The van der Waals surface area contributed by atoms with E-state index >= 15 is 0 Å². The number of ketones is 1. The molecule has 0 fully saturated rings. The van der Waals surface area contributed by atoms with Crippen LogP contribution >= 0.6 is 0 Å². The number of phenolic OH excluding ortho intramolecular Hbond substituents is 1. The van der Waals surface area contributed by atoms with Crippen LogP contribution in [0.15, 0.2) is 72.8 Å². The molecule has 148 valence electrons. The molecular weight excluding hydrogens is 368 g/mol. The zero-order valence-corrected chi connectivity index (χ0v) is 16.3. The topological polar surface area (TPSA) is 65.0 Å². The molecule has 5 nitrogen and oxygen atoms in total. The Bertz CT molecular complexity index is 1010. The predicted octanol–water partition coefficient (Wildman–Crippen LogP) is 4.88. The van der Waals surface area contributed by atoms with Gasteiger partial charge in [0.15, 0.2) is 5.78 Å². The van der Waals surface area contributed by atoms with E-state index in [9.17, 15) is 9.90 Å². The lowest BCUT2D eigenvalue weighted by molar-refractivity contribution is 0.104. The van der Waals surface area contributed by atoms with Gasteiger partial charge in [0.25, 0.3) is 0 Å². The molecule has 1 N–H and O–H groups in total. The minimum Gasteiger partial charge on any atom is -0.508 e. The number of methoxy groups -OCH3 is 2. The number of carbonyl (C=O) groups is 1. The second kappa shape index (κ2) is 9.46. The summed E-state index contributed by atoms with van der Waals surface area (Å²) in [6, 6.07) is 19.5. The molecule has 0 atom stereocenters. The van der Waals surface area contributed by atoms with E-state index < -0.39 is 0 Å². The molecule has 0 spiro atoms. The number of carbonyl (C=O) groups excluding carboxylic acids is 1.